The van der Waals surface area contributed by atoms with Crippen LogP contribution in [0.2, 0.25) is 0 Å². The highest BCUT2D eigenvalue weighted by Crippen LogP contribution is 2.16. The zero-order chi connectivity index (χ0) is 10.6. The Balaban J connectivity index is 2.33. The molecule has 0 aliphatic carbocycles. The van der Waals surface area contributed by atoms with Gasteiger partial charge in [0.1, 0.15) is 0 Å². The Labute approximate surface area is 89.7 Å². The van der Waals surface area contributed by atoms with Gasteiger partial charge >= 0.3 is 0 Å². The molecule has 0 unspecified atom stereocenters. The fourth-order valence-corrected chi connectivity index (χ4v) is 3.10. The third-order valence-electron chi connectivity index (χ3n) is 2.58. The molecule has 1 aliphatic heterocycles. The van der Waals surface area contributed by atoms with Gasteiger partial charge in [-0.15, -0.1) is 0 Å². The Morgan fingerprint density at radius 2 is 1.93 bits per heavy atom. The van der Waals surface area contributed by atoms with Crippen LogP contribution in [0.4, 0.5) is 0 Å². The van der Waals surface area contributed by atoms with Crippen LogP contribution in [0.15, 0.2) is 0 Å². The van der Waals surface area contributed by atoms with E-state index in [0.717, 1.165) is 37.7 Å². The Bertz CT molecular complexity index is 196. The monoisotopic (exact) mass is 218 g/mol. The van der Waals surface area contributed by atoms with Crippen LogP contribution in [-0.4, -0.2) is 53.8 Å². The second kappa shape index (κ2) is 5.24. The minimum atomic E-state index is -0.550. The normalized spacial score (nSPS) is 21.4. The first-order chi connectivity index (χ1) is 6.53. The lowest BCUT2D eigenvalue weighted by Gasteiger charge is -2.34. The smallest absolute Gasteiger partial charge is 0.0363 e. The quantitative estimate of drug-likeness (QED) is 0.736. The average Bonchev–Trinajstić information content (AvgIpc) is 2.08. The van der Waals surface area contributed by atoms with Crippen LogP contribution in [0, 0.1) is 5.41 Å². The molecule has 1 aliphatic rings. The first-order valence-electron chi connectivity index (χ1n) is 5.25. The van der Waals surface area contributed by atoms with Crippen LogP contribution in [0.1, 0.15) is 13.8 Å². The van der Waals surface area contributed by atoms with Gasteiger partial charge in [0.2, 0.25) is 0 Å². The van der Waals surface area contributed by atoms with E-state index in [-0.39, 0.29) is 0 Å². The fourth-order valence-electron chi connectivity index (χ4n) is 1.97. The van der Waals surface area contributed by atoms with Gasteiger partial charge in [-0.05, 0) is 12.5 Å². The molecule has 0 spiro atoms. The molecule has 0 saturated carbocycles. The summed E-state index contributed by atoms with van der Waals surface area (Å²) < 4.78 is 11.2. The molecule has 1 saturated heterocycles. The van der Waals surface area contributed by atoms with Gasteiger partial charge in [0.05, 0.1) is 0 Å². The Kier molecular flexibility index (Phi) is 4.54. The van der Waals surface area contributed by atoms with Crippen LogP contribution < -0.4 is 5.32 Å². The molecule has 0 aromatic rings. The summed E-state index contributed by atoms with van der Waals surface area (Å²) >= 11 is 0. The van der Waals surface area contributed by atoms with Gasteiger partial charge in [-0.25, -0.2) is 0 Å². The van der Waals surface area contributed by atoms with Gasteiger partial charge < -0.3 is 10.2 Å². The molecule has 84 valence electrons. The van der Waals surface area contributed by atoms with Crippen molar-refractivity contribution in [1.82, 2.24) is 10.2 Å². The molecule has 0 amide bonds. The van der Waals surface area contributed by atoms with Crippen molar-refractivity contribution in [2.45, 2.75) is 13.8 Å². The maximum absolute atomic E-state index is 11.2. The van der Waals surface area contributed by atoms with Gasteiger partial charge in [-0.1, -0.05) is 13.8 Å². The molecule has 4 heteroatoms. The summed E-state index contributed by atoms with van der Waals surface area (Å²) in [6.45, 7) is 8.68. The summed E-state index contributed by atoms with van der Waals surface area (Å²) in [7, 11) is 1.44. The molecular formula is C10H22N2OS. The van der Waals surface area contributed by atoms with Gasteiger partial charge in [0.25, 0.3) is 0 Å². The van der Waals surface area contributed by atoms with Crippen molar-refractivity contribution in [1.29, 1.82) is 0 Å². The third kappa shape index (κ3) is 4.07. The predicted molar refractivity (Wildman–Crippen MR) is 62.0 cm³/mol. The van der Waals surface area contributed by atoms with Crippen molar-refractivity contribution in [3.05, 3.63) is 0 Å². The van der Waals surface area contributed by atoms with Crippen LogP contribution in [0.25, 0.3) is 0 Å². The summed E-state index contributed by atoms with van der Waals surface area (Å²) in [5.74, 6) is 1.71. The van der Waals surface area contributed by atoms with Crippen molar-refractivity contribution in [2.24, 2.45) is 5.41 Å². The van der Waals surface area contributed by atoms with Crippen LogP contribution in [0.3, 0.4) is 0 Å². The van der Waals surface area contributed by atoms with Crippen molar-refractivity contribution < 1.29 is 4.21 Å². The predicted octanol–water partition coefficient (Wildman–Crippen LogP) is 0.296. The SMILES string of the molecule is CNCC(C)(C)CN1CCS(=O)CC1. The number of hydrogen-bond acceptors (Lipinski definition) is 3. The highest BCUT2D eigenvalue weighted by atomic mass is 32.2. The lowest BCUT2D eigenvalue weighted by atomic mass is 9.93. The first kappa shape index (κ1) is 12.1. The van der Waals surface area contributed by atoms with E-state index in [4.69, 9.17) is 0 Å². The molecule has 1 N–H and O–H groups in total. The number of rotatable bonds is 4. The Morgan fingerprint density at radius 3 is 2.43 bits per heavy atom. The van der Waals surface area contributed by atoms with E-state index in [1.807, 2.05) is 7.05 Å². The molecular weight excluding hydrogens is 196 g/mol. The van der Waals surface area contributed by atoms with Crippen molar-refractivity contribution in [3.63, 3.8) is 0 Å². The second-order valence-electron chi connectivity index (χ2n) is 4.82. The topological polar surface area (TPSA) is 32.3 Å². The number of hydrogen-bond donors (Lipinski definition) is 1. The first-order valence-corrected chi connectivity index (χ1v) is 6.74. The van der Waals surface area contributed by atoms with Crippen LogP contribution >= 0.6 is 0 Å². The molecule has 1 heterocycles. The zero-order valence-corrected chi connectivity index (χ0v) is 10.3. The average molecular weight is 218 g/mol. The molecule has 14 heavy (non-hydrogen) atoms. The van der Waals surface area contributed by atoms with E-state index in [1.54, 1.807) is 0 Å². The van der Waals surface area contributed by atoms with E-state index >= 15 is 0 Å². The highest BCUT2D eigenvalue weighted by Gasteiger charge is 2.23. The van der Waals surface area contributed by atoms with Crippen LogP contribution in [-0.2, 0) is 10.8 Å². The van der Waals surface area contributed by atoms with Gasteiger partial charge in [0, 0.05) is 48.5 Å². The minimum Gasteiger partial charge on any atom is -0.319 e. The van der Waals surface area contributed by atoms with Gasteiger partial charge in [-0.3, -0.25) is 4.21 Å². The standard InChI is InChI=1S/C10H22N2OS/c1-10(2,8-11-3)9-12-4-6-14(13)7-5-12/h11H,4-9H2,1-3H3. The van der Waals surface area contributed by atoms with Crippen molar-refractivity contribution in [2.75, 3.05) is 44.7 Å². The Morgan fingerprint density at radius 1 is 1.36 bits per heavy atom. The lowest BCUT2D eigenvalue weighted by Crippen LogP contribution is -2.45. The molecule has 1 rings (SSSR count). The number of nitrogens with one attached hydrogen (secondary N) is 1. The Hall–Kier alpha value is 0.0700. The molecule has 3 nitrogen and oxygen atoms in total. The fraction of sp³-hybridized carbons (Fsp3) is 1.00. The number of nitrogens with zero attached hydrogens (tertiary/aromatic N) is 1. The van der Waals surface area contributed by atoms with Crippen LogP contribution in [0.5, 0.6) is 0 Å². The lowest BCUT2D eigenvalue weighted by molar-refractivity contribution is 0.189. The van der Waals surface area contributed by atoms with Gasteiger partial charge in [-0.2, -0.15) is 0 Å². The molecule has 0 bridgehead atoms. The van der Waals surface area contributed by atoms with E-state index in [0.29, 0.717) is 5.41 Å². The molecule has 0 aromatic heterocycles. The summed E-state index contributed by atoms with van der Waals surface area (Å²) in [5, 5.41) is 3.22. The summed E-state index contributed by atoms with van der Waals surface area (Å²) in [5.41, 5.74) is 0.313. The van der Waals surface area contributed by atoms with Crippen molar-refractivity contribution in [3.8, 4) is 0 Å². The van der Waals surface area contributed by atoms with Crippen molar-refractivity contribution >= 4 is 10.8 Å². The van der Waals surface area contributed by atoms with E-state index in [2.05, 4.69) is 24.1 Å². The summed E-state index contributed by atoms with van der Waals surface area (Å²) in [4.78, 5) is 2.43. The van der Waals surface area contributed by atoms with Gasteiger partial charge in [0.15, 0.2) is 0 Å². The largest absolute Gasteiger partial charge is 0.319 e. The summed E-state index contributed by atoms with van der Waals surface area (Å²) in [6, 6.07) is 0. The van der Waals surface area contributed by atoms with E-state index < -0.39 is 10.8 Å². The van der Waals surface area contributed by atoms with E-state index in [9.17, 15) is 4.21 Å². The molecule has 0 radical (unpaired) electrons. The van der Waals surface area contributed by atoms with E-state index in [1.165, 1.54) is 0 Å². The maximum atomic E-state index is 11.2. The highest BCUT2D eigenvalue weighted by molar-refractivity contribution is 7.85. The molecule has 0 aromatic carbocycles. The minimum absolute atomic E-state index is 0.313. The second-order valence-corrected chi connectivity index (χ2v) is 6.51. The third-order valence-corrected chi connectivity index (χ3v) is 3.85. The zero-order valence-electron chi connectivity index (χ0n) is 9.51. The maximum Gasteiger partial charge on any atom is 0.0363 e. The molecule has 1 fully saturated rings. The molecule has 0 atom stereocenters. The summed E-state index contributed by atoms with van der Waals surface area (Å²) in [6.07, 6.45) is 0.